The number of carboxylic acid groups (broad SMARTS) is 1. The molecule has 2 rings (SSSR count). The highest BCUT2D eigenvalue weighted by Crippen LogP contribution is 2.19. The van der Waals surface area contributed by atoms with Crippen LogP contribution < -0.4 is 21.7 Å². The van der Waals surface area contributed by atoms with Crippen molar-refractivity contribution in [3.05, 3.63) is 36.0 Å². The van der Waals surface area contributed by atoms with Crippen molar-refractivity contribution in [3.8, 4) is 0 Å². The van der Waals surface area contributed by atoms with E-state index in [4.69, 9.17) is 10.8 Å². The first kappa shape index (κ1) is 30.1. The molecule has 5 atom stereocenters. The van der Waals surface area contributed by atoms with Crippen LogP contribution in [-0.2, 0) is 25.6 Å². The van der Waals surface area contributed by atoms with Crippen molar-refractivity contribution in [1.82, 2.24) is 20.9 Å². The van der Waals surface area contributed by atoms with Crippen molar-refractivity contribution in [1.29, 1.82) is 0 Å². The number of para-hydroxylation sites is 1. The number of aliphatic hydroxyl groups excluding tert-OH is 1. The van der Waals surface area contributed by atoms with E-state index in [1.165, 1.54) is 11.8 Å². The third kappa shape index (κ3) is 8.48. The van der Waals surface area contributed by atoms with Gasteiger partial charge in [-0.1, -0.05) is 38.5 Å². The van der Waals surface area contributed by atoms with Gasteiger partial charge >= 0.3 is 5.97 Å². The lowest BCUT2D eigenvalue weighted by Crippen LogP contribution is -2.58. The van der Waals surface area contributed by atoms with Gasteiger partial charge in [-0.2, -0.15) is 11.8 Å². The highest BCUT2D eigenvalue weighted by Gasteiger charge is 2.31. The van der Waals surface area contributed by atoms with Crippen molar-refractivity contribution < 1.29 is 29.4 Å². The van der Waals surface area contributed by atoms with Crippen molar-refractivity contribution in [3.63, 3.8) is 0 Å². The lowest BCUT2D eigenvalue weighted by Gasteiger charge is -2.26. The minimum Gasteiger partial charge on any atom is -0.480 e. The first-order valence-corrected chi connectivity index (χ1v) is 13.6. The van der Waals surface area contributed by atoms with Crippen LogP contribution in [0.15, 0.2) is 30.5 Å². The molecule has 0 aliphatic rings. The fourth-order valence-corrected chi connectivity index (χ4v) is 4.22. The zero-order valence-electron chi connectivity index (χ0n) is 21.3. The molecule has 37 heavy (non-hydrogen) atoms. The quantitative estimate of drug-likeness (QED) is 0.170. The Hall–Kier alpha value is -3.09. The fourth-order valence-electron chi connectivity index (χ4n) is 3.74. The molecule has 11 nitrogen and oxygen atoms in total. The number of H-pyrrole nitrogens is 1. The summed E-state index contributed by atoms with van der Waals surface area (Å²) in [6.45, 7) is 2.97. The summed E-state index contributed by atoms with van der Waals surface area (Å²) < 4.78 is 0. The molecule has 204 valence electrons. The second-order valence-corrected chi connectivity index (χ2v) is 9.95. The minimum atomic E-state index is -1.50. The molecule has 0 saturated carbocycles. The van der Waals surface area contributed by atoms with Gasteiger partial charge in [-0.25, -0.2) is 4.79 Å². The van der Waals surface area contributed by atoms with E-state index in [9.17, 15) is 24.3 Å². The van der Waals surface area contributed by atoms with Crippen LogP contribution in [0.25, 0.3) is 10.9 Å². The van der Waals surface area contributed by atoms with Crippen LogP contribution in [0, 0.1) is 5.92 Å². The predicted octanol–water partition coefficient (Wildman–Crippen LogP) is 0.368. The zero-order valence-corrected chi connectivity index (χ0v) is 22.1. The number of benzene rings is 1. The number of aliphatic hydroxyl groups is 1. The number of carboxylic acids is 1. The molecule has 0 aliphatic carbocycles. The minimum absolute atomic E-state index is 0.108. The Morgan fingerprint density at radius 3 is 2.27 bits per heavy atom. The maximum Gasteiger partial charge on any atom is 0.328 e. The summed E-state index contributed by atoms with van der Waals surface area (Å²) in [5, 5.41) is 27.0. The number of amides is 3. The molecule has 0 saturated heterocycles. The van der Waals surface area contributed by atoms with Gasteiger partial charge in [0.25, 0.3) is 0 Å². The van der Waals surface area contributed by atoms with Gasteiger partial charge in [0.15, 0.2) is 0 Å². The maximum absolute atomic E-state index is 13.4. The van der Waals surface area contributed by atoms with Crippen LogP contribution >= 0.6 is 11.8 Å². The van der Waals surface area contributed by atoms with E-state index in [0.29, 0.717) is 12.2 Å². The number of rotatable bonds is 15. The maximum atomic E-state index is 13.4. The summed E-state index contributed by atoms with van der Waals surface area (Å²) in [4.78, 5) is 53.6. The molecule has 0 spiro atoms. The third-order valence-electron chi connectivity index (χ3n) is 6.33. The molecule has 2 aromatic rings. The highest BCUT2D eigenvalue weighted by atomic mass is 32.2. The fraction of sp³-hybridized carbons (Fsp3) is 0.520. The smallest absolute Gasteiger partial charge is 0.328 e. The second kappa shape index (κ2) is 14.6. The number of carbonyl (C=O) groups is 4. The topological polar surface area (TPSA) is 187 Å². The van der Waals surface area contributed by atoms with Gasteiger partial charge < -0.3 is 36.9 Å². The predicted molar refractivity (Wildman–Crippen MR) is 143 cm³/mol. The number of hydrogen-bond donors (Lipinski definition) is 7. The summed E-state index contributed by atoms with van der Waals surface area (Å²) in [5.41, 5.74) is 7.77. The highest BCUT2D eigenvalue weighted by molar-refractivity contribution is 7.98. The van der Waals surface area contributed by atoms with Gasteiger partial charge in [0.05, 0.1) is 12.6 Å². The normalized spacial score (nSPS) is 15.3. The monoisotopic (exact) mass is 535 g/mol. The van der Waals surface area contributed by atoms with Crippen LogP contribution in [0.3, 0.4) is 0 Å². The van der Waals surface area contributed by atoms with Crippen molar-refractivity contribution in [2.45, 2.75) is 57.3 Å². The first-order valence-electron chi connectivity index (χ1n) is 12.2. The molecule has 8 N–H and O–H groups in total. The average Bonchev–Trinajstić information content (AvgIpc) is 3.30. The number of nitrogens with one attached hydrogen (secondary N) is 4. The molecule has 0 fully saturated rings. The Balaban J connectivity index is 2.29. The van der Waals surface area contributed by atoms with Crippen molar-refractivity contribution in [2.24, 2.45) is 11.7 Å². The zero-order chi connectivity index (χ0) is 27.5. The molecule has 1 aromatic heterocycles. The molecule has 0 bridgehead atoms. The van der Waals surface area contributed by atoms with Gasteiger partial charge in [-0.3, -0.25) is 14.4 Å². The molecule has 12 heteroatoms. The van der Waals surface area contributed by atoms with Crippen LogP contribution in [0.4, 0.5) is 0 Å². The van der Waals surface area contributed by atoms with Gasteiger partial charge in [-0.15, -0.1) is 0 Å². The summed E-state index contributed by atoms with van der Waals surface area (Å²) in [7, 11) is 0. The Labute approximate surface area is 220 Å². The Morgan fingerprint density at radius 1 is 1.03 bits per heavy atom. The molecule has 0 radical (unpaired) electrons. The largest absolute Gasteiger partial charge is 0.480 e. The molecule has 3 amide bonds. The number of carbonyl (C=O) groups excluding carboxylic acids is 3. The van der Waals surface area contributed by atoms with E-state index in [1.807, 2.05) is 44.4 Å². The Morgan fingerprint density at radius 2 is 1.65 bits per heavy atom. The van der Waals surface area contributed by atoms with E-state index in [-0.39, 0.29) is 18.8 Å². The Bertz CT molecular complexity index is 1080. The van der Waals surface area contributed by atoms with E-state index >= 15 is 0 Å². The van der Waals surface area contributed by atoms with Crippen LogP contribution in [0.1, 0.15) is 32.3 Å². The van der Waals surface area contributed by atoms with Crippen molar-refractivity contribution >= 4 is 46.4 Å². The van der Waals surface area contributed by atoms with Gasteiger partial charge in [0, 0.05) is 23.5 Å². The SMILES string of the molecule is CCC(C)C(N)C(=O)NC(Cc1c[nH]c2ccccc12)C(=O)NC(CCSC)C(=O)NC(CO)C(=O)O. The molecule has 1 heterocycles. The number of hydrogen-bond acceptors (Lipinski definition) is 7. The molecular weight excluding hydrogens is 498 g/mol. The first-order chi connectivity index (χ1) is 17.6. The van der Waals surface area contributed by atoms with Crippen LogP contribution in [0.5, 0.6) is 0 Å². The average molecular weight is 536 g/mol. The molecule has 0 aliphatic heterocycles. The lowest BCUT2D eigenvalue weighted by atomic mass is 9.98. The summed E-state index contributed by atoms with van der Waals surface area (Å²) in [5.74, 6) is -2.82. The number of fused-ring (bicyclic) bond motifs is 1. The van der Waals surface area contributed by atoms with Crippen LogP contribution in [0.2, 0.25) is 0 Å². The second-order valence-electron chi connectivity index (χ2n) is 8.96. The molecular formula is C25H37N5O6S. The van der Waals surface area contributed by atoms with Gasteiger partial charge in [0.1, 0.15) is 18.1 Å². The molecule has 5 unspecified atom stereocenters. The lowest BCUT2D eigenvalue weighted by molar-refractivity contribution is -0.143. The summed E-state index contributed by atoms with van der Waals surface area (Å²) >= 11 is 1.45. The Kier molecular flexibility index (Phi) is 11.9. The van der Waals surface area contributed by atoms with Gasteiger partial charge in [0.2, 0.25) is 17.7 Å². The van der Waals surface area contributed by atoms with Gasteiger partial charge in [-0.05, 0) is 36.0 Å². The van der Waals surface area contributed by atoms with E-state index in [1.54, 1.807) is 6.20 Å². The van der Waals surface area contributed by atoms with Crippen LogP contribution in [-0.4, -0.2) is 81.7 Å². The number of aromatic nitrogens is 1. The van der Waals surface area contributed by atoms with Crippen molar-refractivity contribution in [2.75, 3.05) is 18.6 Å². The van der Waals surface area contributed by atoms with E-state index in [0.717, 1.165) is 16.5 Å². The number of aliphatic carboxylic acids is 1. The van der Waals surface area contributed by atoms with E-state index < -0.39 is 54.5 Å². The number of nitrogens with two attached hydrogens (primary N) is 1. The number of aromatic amines is 1. The number of thioether (sulfide) groups is 1. The third-order valence-corrected chi connectivity index (χ3v) is 6.98. The molecule has 1 aromatic carbocycles. The van der Waals surface area contributed by atoms with E-state index in [2.05, 4.69) is 20.9 Å². The standard InChI is InChI=1S/C25H37N5O6S/c1-4-14(2)21(26)24(34)29-19(11-15-12-27-17-8-6-5-7-16(15)17)23(33)28-18(9-10-37-3)22(32)30-20(13-31)25(35)36/h5-8,12,14,18-21,27,31H,4,9-11,13,26H2,1-3H3,(H,28,33)(H,29,34)(H,30,32)(H,35,36). The summed E-state index contributed by atoms with van der Waals surface area (Å²) in [6.07, 6.45) is 4.64. The summed E-state index contributed by atoms with van der Waals surface area (Å²) in [6, 6.07) is 3.11.